The van der Waals surface area contributed by atoms with Crippen LogP contribution in [-0.2, 0) is 9.53 Å². The van der Waals surface area contributed by atoms with E-state index >= 15 is 0 Å². The Balaban J connectivity index is 2.07. The lowest BCUT2D eigenvalue weighted by Crippen LogP contribution is -2.30. The van der Waals surface area contributed by atoms with Crippen molar-refractivity contribution in [3.63, 3.8) is 0 Å². The van der Waals surface area contributed by atoms with Crippen LogP contribution in [0.4, 0.5) is 5.88 Å². The zero-order chi connectivity index (χ0) is 17.1. The summed E-state index contributed by atoms with van der Waals surface area (Å²) in [5, 5.41) is 6.07. The van der Waals surface area contributed by atoms with Gasteiger partial charge in [-0.1, -0.05) is 5.16 Å². The molecule has 2 aromatic rings. The van der Waals surface area contributed by atoms with Gasteiger partial charge in [-0.3, -0.25) is 10.1 Å². The maximum Gasteiger partial charge on any atom is 0.342 e. The third kappa shape index (κ3) is 3.85. The molecule has 0 aromatic carbocycles. The van der Waals surface area contributed by atoms with Crippen LogP contribution in [0.1, 0.15) is 34.3 Å². The van der Waals surface area contributed by atoms with E-state index in [9.17, 15) is 14.4 Å². The average Bonchev–Trinajstić information content (AvgIpc) is 2.82. The third-order valence-electron chi connectivity index (χ3n) is 3.07. The standard InChI is InChI=1S/C15H16N2O6/c1-7-5-12(18)21-9(3)13(7)15(20)22-10(4)14(19)16-11-6-8(2)17-23-11/h5-6,10H,1-4H3,(H,16,19)/t10-/m1/s1. The summed E-state index contributed by atoms with van der Waals surface area (Å²) in [5.74, 6) is -1.02. The number of anilines is 1. The normalized spacial score (nSPS) is 11.8. The van der Waals surface area contributed by atoms with Crippen LogP contribution >= 0.6 is 0 Å². The second-order valence-corrected chi connectivity index (χ2v) is 5.05. The van der Waals surface area contributed by atoms with Crippen LogP contribution in [0.2, 0.25) is 0 Å². The van der Waals surface area contributed by atoms with Crippen LogP contribution in [0.3, 0.4) is 0 Å². The van der Waals surface area contributed by atoms with Gasteiger partial charge in [-0.05, 0) is 33.3 Å². The van der Waals surface area contributed by atoms with Crippen LogP contribution in [0, 0.1) is 20.8 Å². The minimum absolute atomic E-state index is 0.125. The number of carbonyl (C=O) groups excluding carboxylic acids is 2. The van der Waals surface area contributed by atoms with Gasteiger partial charge in [0, 0.05) is 12.1 Å². The number of nitrogens with one attached hydrogen (secondary N) is 1. The molecule has 2 aromatic heterocycles. The first-order valence-corrected chi connectivity index (χ1v) is 6.84. The fraction of sp³-hybridized carbons (Fsp3) is 0.333. The molecule has 0 spiro atoms. The molecule has 23 heavy (non-hydrogen) atoms. The molecule has 0 aliphatic rings. The first-order chi connectivity index (χ1) is 10.8. The van der Waals surface area contributed by atoms with E-state index in [4.69, 9.17) is 13.7 Å². The fourth-order valence-corrected chi connectivity index (χ4v) is 1.98. The largest absolute Gasteiger partial charge is 0.449 e. The molecule has 2 heterocycles. The summed E-state index contributed by atoms with van der Waals surface area (Å²) in [6.45, 7) is 6.19. The van der Waals surface area contributed by atoms with Crippen molar-refractivity contribution in [1.82, 2.24) is 5.16 Å². The van der Waals surface area contributed by atoms with E-state index in [0.29, 0.717) is 11.3 Å². The summed E-state index contributed by atoms with van der Waals surface area (Å²) in [6.07, 6.45) is -1.07. The Morgan fingerprint density at radius 3 is 2.52 bits per heavy atom. The van der Waals surface area contributed by atoms with Crippen LogP contribution in [0.5, 0.6) is 0 Å². The maximum atomic E-state index is 12.2. The molecule has 2 rings (SSSR count). The Morgan fingerprint density at radius 1 is 1.26 bits per heavy atom. The monoisotopic (exact) mass is 320 g/mol. The summed E-state index contributed by atoms with van der Waals surface area (Å²) in [6, 6.07) is 2.72. The maximum absolute atomic E-state index is 12.2. The van der Waals surface area contributed by atoms with Gasteiger partial charge in [0.2, 0.25) is 5.88 Å². The van der Waals surface area contributed by atoms with Crippen LogP contribution < -0.4 is 10.9 Å². The summed E-state index contributed by atoms with van der Waals surface area (Å²) < 4.78 is 14.8. The van der Waals surface area contributed by atoms with Crippen molar-refractivity contribution in [3.05, 3.63) is 45.1 Å². The van der Waals surface area contributed by atoms with Gasteiger partial charge in [0.05, 0.1) is 5.69 Å². The van der Waals surface area contributed by atoms with Crippen molar-refractivity contribution in [3.8, 4) is 0 Å². The Morgan fingerprint density at radius 2 is 1.96 bits per heavy atom. The average molecular weight is 320 g/mol. The van der Waals surface area contributed by atoms with E-state index in [0.717, 1.165) is 0 Å². The predicted octanol–water partition coefficient (Wildman–Crippen LogP) is 1.74. The smallest absolute Gasteiger partial charge is 0.342 e. The number of esters is 1. The molecular weight excluding hydrogens is 304 g/mol. The number of rotatable bonds is 4. The predicted molar refractivity (Wildman–Crippen MR) is 79.2 cm³/mol. The van der Waals surface area contributed by atoms with Gasteiger partial charge in [-0.2, -0.15) is 0 Å². The topological polar surface area (TPSA) is 112 Å². The molecular formula is C15H16N2O6. The van der Waals surface area contributed by atoms with Gasteiger partial charge in [0.1, 0.15) is 11.3 Å². The number of hydrogen-bond donors (Lipinski definition) is 1. The molecule has 8 nitrogen and oxygen atoms in total. The van der Waals surface area contributed by atoms with E-state index in [1.807, 2.05) is 0 Å². The Hall–Kier alpha value is -2.90. The van der Waals surface area contributed by atoms with E-state index in [2.05, 4.69) is 10.5 Å². The highest BCUT2D eigenvalue weighted by Gasteiger charge is 2.23. The van der Waals surface area contributed by atoms with Crippen molar-refractivity contribution < 1.29 is 23.3 Å². The number of aromatic nitrogens is 1. The number of ether oxygens (including phenoxy) is 1. The van der Waals surface area contributed by atoms with Crippen molar-refractivity contribution in [2.24, 2.45) is 0 Å². The van der Waals surface area contributed by atoms with Crippen molar-refractivity contribution in [2.75, 3.05) is 5.32 Å². The molecule has 0 bridgehead atoms. The zero-order valence-corrected chi connectivity index (χ0v) is 13.1. The van der Waals surface area contributed by atoms with Gasteiger partial charge in [-0.15, -0.1) is 0 Å². The SMILES string of the molecule is Cc1cc(NC(=O)[C@@H](C)OC(=O)c2c(C)cc(=O)oc2C)on1. The van der Waals surface area contributed by atoms with Gasteiger partial charge >= 0.3 is 11.6 Å². The number of aryl methyl sites for hydroxylation is 3. The number of carbonyl (C=O) groups is 2. The summed E-state index contributed by atoms with van der Waals surface area (Å²) in [4.78, 5) is 35.4. The van der Waals surface area contributed by atoms with Gasteiger partial charge in [0.25, 0.3) is 5.91 Å². The molecule has 0 saturated heterocycles. The van der Waals surface area contributed by atoms with E-state index < -0.39 is 23.6 Å². The Kier molecular flexibility index (Phi) is 4.63. The zero-order valence-electron chi connectivity index (χ0n) is 13.1. The molecule has 0 aliphatic carbocycles. The van der Waals surface area contributed by atoms with Crippen LogP contribution in [0.15, 0.2) is 25.9 Å². The number of amides is 1. The molecule has 0 fully saturated rings. The molecule has 122 valence electrons. The second kappa shape index (κ2) is 6.47. The molecule has 0 radical (unpaired) electrons. The summed E-state index contributed by atoms with van der Waals surface area (Å²) in [7, 11) is 0. The molecule has 8 heteroatoms. The Labute approximate surface area is 131 Å². The minimum Gasteiger partial charge on any atom is -0.449 e. The number of hydrogen-bond acceptors (Lipinski definition) is 7. The Bertz CT molecular complexity index is 778. The van der Waals surface area contributed by atoms with E-state index in [-0.39, 0.29) is 17.2 Å². The van der Waals surface area contributed by atoms with Crippen molar-refractivity contribution in [1.29, 1.82) is 0 Å². The second-order valence-electron chi connectivity index (χ2n) is 5.05. The van der Waals surface area contributed by atoms with Crippen molar-refractivity contribution in [2.45, 2.75) is 33.8 Å². The van der Waals surface area contributed by atoms with E-state index in [1.54, 1.807) is 13.8 Å². The highest BCUT2D eigenvalue weighted by Crippen LogP contribution is 2.14. The van der Waals surface area contributed by atoms with E-state index in [1.165, 1.54) is 26.0 Å². The lowest BCUT2D eigenvalue weighted by molar-refractivity contribution is -0.124. The third-order valence-corrected chi connectivity index (χ3v) is 3.07. The van der Waals surface area contributed by atoms with Crippen LogP contribution in [-0.4, -0.2) is 23.1 Å². The van der Waals surface area contributed by atoms with Gasteiger partial charge in [0.15, 0.2) is 6.10 Å². The summed E-state index contributed by atoms with van der Waals surface area (Å²) >= 11 is 0. The van der Waals surface area contributed by atoms with Crippen LogP contribution in [0.25, 0.3) is 0 Å². The molecule has 0 unspecified atom stereocenters. The molecule has 1 amide bonds. The quantitative estimate of drug-likeness (QED) is 0.854. The van der Waals surface area contributed by atoms with Gasteiger partial charge in [-0.25, -0.2) is 9.59 Å². The molecule has 1 atom stereocenters. The highest BCUT2D eigenvalue weighted by molar-refractivity contribution is 5.97. The molecule has 0 aliphatic heterocycles. The van der Waals surface area contributed by atoms with Crippen molar-refractivity contribution >= 4 is 17.8 Å². The fourth-order valence-electron chi connectivity index (χ4n) is 1.98. The first kappa shape index (κ1) is 16.5. The molecule has 0 saturated carbocycles. The first-order valence-electron chi connectivity index (χ1n) is 6.84. The lowest BCUT2D eigenvalue weighted by atomic mass is 10.1. The minimum atomic E-state index is -1.07. The van der Waals surface area contributed by atoms with Gasteiger partial charge < -0.3 is 13.7 Å². The highest BCUT2D eigenvalue weighted by atomic mass is 16.5. The number of nitrogens with zero attached hydrogens (tertiary/aromatic N) is 1. The molecule has 1 N–H and O–H groups in total. The summed E-state index contributed by atoms with van der Waals surface area (Å²) in [5.41, 5.74) is 0.598. The lowest BCUT2D eigenvalue weighted by Gasteiger charge is -2.13.